The number of nitrogens with two attached hydrogens (primary N) is 1. The Hall–Kier alpha value is -2.37. The van der Waals surface area contributed by atoms with Crippen LogP contribution in [-0.4, -0.2) is 30.4 Å². The predicted molar refractivity (Wildman–Crippen MR) is 81.1 cm³/mol. The number of hydrogen-bond acceptors (Lipinski definition) is 4. The van der Waals surface area contributed by atoms with Crippen LogP contribution in [0.15, 0.2) is 18.2 Å². The highest BCUT2D eigenvalue weighted by atomic mass is 16.5. The van der Waals surface area contributed by atoms with Gasteiger partial charge in [-0.25, -0.2) is 0 Å². The maximum Gasteiger partial charge on any atom is 0.312 e. The number of hydrogen-bond donors (Lipinski definition) is 1. The van der Waals surface area contributed by atoms with E-state index in [2.05, 4.69) is 0 Å². The number of ether oxygens (including phenoxy) is 1. The van der Waals surface area contributed by atoms with E-state index in [1.807, 2.05) is 32.0 Å². The first kappa shape index (κ1) is 16.0. The molecule has 0 saturated carbocycles. The standard InChI is InChI=1S/C16H20N2O4/c1-9-5-4-6-13(10(9)2)18-8-12(7-14(18)19)16(21)22-11(3)15(17)20/h4-6,11-12H,7-8H2,1-3H3,(H2,17,20)/t11-,12-/m0/s1. The van der Waals surface area contributed by atoms with Gasteiger partial charge in [0.15, 0.2) is 6.10 Å². The van der Waals surface area contributed by atoms with Crippen LogP contribution in [0.5, 0.6) is 0 Å². The lowest BCUT2D eigenvalue weighted by Crippen LogP contribution is -2.33. The Kier molecular flexibility index (Phi) is 4.49. The number of primary amides is 1. The van der Waals surface area contributed by atoms with Gasteiger partial charge in [0.25, 0.3) is 5.91 Å². The van der Waals surface area contributed by atoms with Gasteiger partial charge in [-0.2, -0.15) is 0 Å². The Morgan fingerprint density at radius 1 is 1.36 bits per heavy atom. The molecule has 0 bridgehead atoms. The molecule has 0 aliphatic carbocycles. The molecule has 118 valence electrons. The van der Waals surface area contributed by atoms with Gasteiger partial charge >= 0.3 is 5.97 Å². The lowest BCUT2D eigenvalue weighted by molar-refractivity contribution is -0.157. The van der Waals surface area contributed by atoms with Crippen LogP contribution < -0.4 is 10.6 Å². The Morgan fingerprint density at radius 2 is 2.05 bits per heavy atom. The highest BCUT2D eigenvalue weighted by Crippen LogP contribution is 2.29. The van der Waals surface area contributed by atoms with Crippen LogP contribution in [0.1, 0.15) is 24.5 Å². The molecule has 1 heterocycles. The molecule has 1 fully saturated rings. The van der Waals surface area contributed by atoms with Crippen molar-refractivity contribution in [3.8, 4) is 0 Å². The molecule has 0 aromatic heterocycles. The van der Waals surface area contributed by atoms with Crippen LogP contribution in [0.3, 0.4) is 0 Å². The van der Waals surface area contributed by atoms with Gasteiger partial charge in [0.05, 0.1) is 5.92 Å². The first-order valence-corrected chi connectivity index (χ1v) is 7.17. The van der Waals surface area contributed by atoms with Crippen LogP contribution in [0.4, 0.5) is 5.69 Å². The molecule has 6 heteroatoms. The van der Waals surface area contributed by atoms with Crippen molar-refractivity contribution in [1.82, 2.24) is 0 Å². The second-order valence-corrected chi connectivity index (χ2v) is 5.61. The average Bonchev–Trinajstić information content (AvgIpc) is 2.83. The largest absolute Gasteiger partial charge is 0.452 e. The van der Waals surface area contributed by atoms with E-state index in [1.165, 1.54) is 6.92 Å². The molecule has 2 rings (SSSR count). The third-order valence-electron chi connectivity index (χ3n) is 4.02. The maximum absolute atomic E-state index is 12.2. The summed E-state index contributed by atoms with van der Waals surface area (Å²) in [5.41, 5.74) is 7.97. The van der Waals surface area contributed by atoms with Crippen LogP contribution in [0, 0.1) is 19.8 Å². The predicted octanol–water partition coefficient (Wildman–Crippen LogP) is 1.07. The second-order valence-electron chi connectivity index (χ2n) is 5.61. The van der Waals surface area contributed by atoms with Gasteiger partial charge in [-0.3, -0.25) is 14.4 Å². The number of rotatable bonds is 4. The van der Waals surface area contributed by atoms with Gasteiger partial charge in [0, 0.05) is 18.7 Å². The summed E-state index contributed by atoms with van der Waals surface area (Å²) >= 11 is 0. The van der Waals surface area contributed by atoms with E-state index in [1.54, 1.807) is 4.90 Å². The molecule has 1 aliphatic rings. The summed E-state index contributed by atoms with van der Waals surface area (Å²) in [6.45, 7) is 5.59. The molecule has 0 unspecified atom stereocenters. The van der Waals surface area contributed by atoms with Gasteiger partial charge in [-0.05, 0) is 38.0 Å². The molecular weight excluding hydrogens is 284 g/mol. The lowest BCUT2D eigenvalue weighted by Gasteiger charge is -2.20. The van der Waals surface area contributed by atoms with Crippen molar-refractivity contribution in [3.05, 3.63) is 29.3 Å². The monoisotopic (exact) mass is 304 g/mol. The molecule has 2 amide bonds. The van der Waals surface area contributed by atoms with Gasteiger partial charge in [0.2, 0.25) is 5.91 Å². The second kappa shape index (κ2) is 6.17. The maximum atomic E-state index is 12.2. The van der Waals surface area contributed by atoms with Crippen molar-refractivity contribution >= 4 is 23.5 Å². The molecule has 1 aromatic rings. The topological polar surface area (TPSA) is 89.7 Å². The van der Waals surface area contributed by atoms with Crippen LogP contribution in [-0.2, 0) is 19.1 Å². The van der Waals surface area contributed by atoms with E-state index in [-0.39, 0.29) is 18.9 Å². The van der Waals surface area contributed by atoms with E-state index in [0.717, 1.165) is 16.8 Å². The summed E-state index contributed by atoms with van der Waals surface area (Å²) in [5, 5.41) is 0. The molecule has 2 N–H and O–H groups in total. The highest BCUT2D eigenvalue weighted by Gasteiger charge is 2.37. The van der Waals surface area contributed by atoms with Gasteiger partial charge in [-0.1, -0.05) is 12.1 Å². The number of amides is 2. The summed E-state index contributed by atoms with van der Waals surface area (Å²) in [6, 6.07) is 5.71. The first-order valence-electron chi connectivity index (χ1n) is 7.17. The minimum Gasteiger partial charge on any atom is -0.452 e. The van der Waals surface area contributed by atoms with Crippen molar-refractivity contribution in [2.45, 2.75) is 33.3 Å². The molecule has 1 saturated heterocycles. The molecular formula is C16H20N2O4. The zero-order chi connectivity index (χ0) is 16.4. The quantitative estimate of drug-likeness (QED) is 0.843. The Labute approximate surface area is 129 Å². The minimum atomic E-state index is -0.989. The molecule has 6 nitrogen and oxygen atoms in total. The Morgan fingerprint density at radius 3 is 2.68 bits per heavy atom. The Balaban J connectivity index is 2.12. The fourth-order valence-corrected chi connectivity index (χ4v) is 2.45. The summed E-state index contributed by atoms with van der Waals surface area (Å²) < 4.78 is 4.99. The average molecular weight is 304 g/mol. The molecule has 1 aromatic carbocycles. The fourth-order valence-electron chi connectivity index (χ4n) is 2.45. The first-order chi connectivity index (χ1) is 10.3. The zero-order valence-corrected chi connectivity index (χ0v) is 13.0. The summed E-state index contributed by atoms with van der Waals surface area (Å²) in [7, 11) is 0. The zero-order valence-electron chi connectivity index (χ0n) is 13.0. The third-order valence-corrected chi connectivity index (χ3v) is 4.02. The lowest BCUT2D eigenvalue weighted by atomic mass is 10.1. The molecule has 0 radical (unpaired) electrons. The number of carbonyl (C=O) groups excluding carboxylic acids is 3. The fraction of sp³-hybridized carbons (Fsp3) is 0.438. The van der Waals surface area contributed by atoms with Crippen LogP contribution in [0.25, 0.3) is 0 Å². The van der Waals surface area contributed by atoms with Gasteiger partial charge in [0.1, 0.15) is 0 Å². The summed E-state index contributed by atoms with van der Waals surface area (Å²) in [5.74, 6) is -1.96. The number of esters is 1. The normalized spacial score (nSPS) is 19.1. The minimum absolute atomic E-state index is 0.0810. The van der Waals surface area contributed by atoms with Gasteiger partial charge < -0.3 is 15.4 Å². The van der Waals surface area contributed by atoms with Crippen molar-refractivity contribution in [3.63, 3.8) is 0 Å². The number of anilines is 1. The highest BCUT2D eigenvalue weighted by molar-refractivity contribution is 6.00. The van der Waals surface area contributed by atoms with E-state index in [0.29, 0.717) is 0 Å². The van der Waals surface area contributed by atoms with Crippen molar-refractivity contribution < 1.29 is 19.1 Å². The van der Waals surface area contributed by atoms with E-state index in [9.17, 15) is 14.4 Å². The molecule has 0 spiro atoms. The summed E-state index contributed by atoms with van der Waals surface area (Å²) in [6.07, 6.45) is -0.908. The molecule has 2 atom stereocenters. The SMILES string of the molecule is Cc1cccc(N2C[C@@H](C(=O)O[C@@H](C)C(N)=O)CC2=O)c1C. The number of carbonyl (C=O) groups is 3. The van der Waals surface area contributed by atoms with Crippen molar-refractivity contribution in [2.24, 2.45) is 11.7 Å². The van der Waals surface area contributed by atoms with Crippen molar-refractivity contribution in [1.29, 1.82) is 0 Å². The van der Waals surface area contributed by atoms with E-state index >= 15 is 0 Å². The van der Waals surface area contributed by atoms with Crippen molar-refractivity contribution in [2.75, 3.05) is 11.4 Å². The van der Waals surface area contributed by atoms with Crippen LogP contribution >= 0.6 is 0 Å². The molecule has 22 heavy (non-hydrogen) atoms. The summed E-state index contributed by atoms with van der Waals surface area (Å²) in [4.78, 5) is 36.8. The van der Waals surface area contributed by atoms with Gasteiger partial charge in [-0.15, -0.1) is 0 Å². The van der Waals surface area contributed by atoms with Crippen LogP contribution in [0.2, 0.25) is 0 Å². The van der Waals surface area contributed by atoms with E-state index < -0.39 is 23.9 Å². The molecule has 1 aliphatic heterocycles. The number of nitrogens with zero attached hydrogens (tertiary/aromatic N) is 1. The smallest absolute Gasteiger partial charge is 0.312 e. The number of benzene rings is 1. The Bertz CT molecular complexity index is 627. The van der Waals surface area contributed by atoms with E-state index in [4.69, 9.17) is 10.5 Å². The third kappa shape index (κ3) is 3.10. The number of aryl methyl sites for hydroxylation is 1.